The lowest BCUT2D eigenvalue weighted by Crippen LogP contribution is -2.51. The number of alkyl halides is 1. The molecular formula is C53H64ClF2N13O3S. The van der Waals surface area contributed by atoms with Crippen molar-refractivity contribution in [1.82, 2.24) is 39.1 Å². The summed E-state index contributed by atoms with van der Waals surface area (Å²) in [6.45, 7) is 7.95. The van der Waals surface area contributed by atoms with E-state index in [1.165, 1.54) is 0 Å². The van der Waals surface area contributed by atoms with Gasteiger partial charge in [-0.25, -0.2) is 13.7 Å². The number of ether oxygens (including phenoxy) is 2. The number of piperazine rings is 1. The van der Waals surface area contributed by atoms with Gasteiger partial charge in [0.1, 0.15) is 41.1 Å². The Morgan fingerprint density at radius 2 is 1.92 bits per heavy atom. The van der Waals surface area contributed by atoms with Gasteiger partial charge in [0.05, 0.1) is 42.0 Å². The normalized spacial score (nSPS) is 21.4. The smallest absolute Gasteiger partial charge is 0.318 e. The fourth-order valence-electron chi connectivity index (χ4n) is 10.9. The quantitative estimate of drug-likeness (QED) is 0.0719. The molecule has 0 bridgehead atoms. The van der Waals surface area contributed by atoms with Crippen molar-refractivity contribution in [1.29, 1.82) is 5.26 Å². The van der Waals surface area contributed by atoms with E-state index in [9.17, 15) is 14.8 Å². The van der Waals surface area contributed by atoms with Crippen molar-refractivity contribution in [2.45, 2.75) is 95.7 Å². The van der Waals surface area contributed by atoms with Gasteiger partial charge in [0.25, 0.3) is 6.36 Å². The molecule has 3 saturated heterocycles. The van der Waals surface area contributed by atoms with Crippen LogP contribution in [-0.4, -0.2) is 136 Å². The van der Waals surface area contributed by atoms with Crippen LogP contribution in [0.3, 0.4) is 0 Å². The Morgan fingerprint density at radius 3 is 2.73 bits per heavy atom. The number of nitrogens with zero attached hydrogens (tertiary/aromatic N) is 11. The summed E-state index contributed by atoms with van der Waals surface area (Å²) in [4.78, 5) is 24.0. The van der Waals surface area contributed by atoms with E-state index in [0.717, 1.165) is 126 Å². The highest BCUT2D eigenvalue weighted by Crippen LogP contribution is 2.39. The Bertz CT molecular complexity index is 2910. The molecule has 16 nitrogen and oxygen atoms in total. The molecule has 0 aliphatic carbocycles. The highest BCUT2D eigenvalue weighted by Gasteiger charge is 2.35. The van der Waals surface area contributed by atoms with Crippen molar-refractivity contribution in [2.24, 2.45) is 0 Å². The third kappa shape index (κ3) is 11.1. The van der Waals surface area contributed by atoms with Crippen LogP contribution in [-0.2, 0) is 24.1 Å². The van der Waals surface area contributed by atoms with Crippen LogP contribution in [0.25, 0.3) is 16.4 Å². The van der Waals surface area contributed by atoms with Crippen LogP contribution < -0.4 is 30.1 Å². The molecule has 2 aromatic carbocycles. The molecule has 5 aromatic rings. The third-order valence-electron chi connectivity index (χ3n) is 14.8. The third-order valence-corrected chi connectivity index (χ3v) is 16.3. The Morgan fingerprint density at radius 1 is 1.05 bits per heavy atom. The van der Waals surface area contributed by atoms with Gasteiger partial charge < -0.3 is 44.8 Å². The number of dihydropyridines is 1. The van der Waals surface area contributed by atoms with Crippen molar-refractivity contribution in [3.8, 4) is 12.1 Å². The number of aryl methyl sites for hydroxylation is 1. The number of piperidine rings is 1. The number of rotatable bonds is 18. The lowest BCUT2D eigenvalue weighted by Gasteiger charge is -2.42. The molecule has 386 valence electrons. The van der Waals surface area contributed by atoms with Gasteiger partial charge in [0.15, 0.2) is 5.65 Å². The minimum Gasteiger partial charge on any atom is -0.462 e. The minimum absolute atomic E-state index is 0.119. The van der Waals surface area contributed by atoms with E-state index in [4.69, 9.17) is 36.0 Å². The summed E-state index contributed by atoms with van der Waals surface area (Å²) in [5.74, 6) is 2.59. The van der Waals surface area contributed by atoms with E-state index < -0.39 is 12.4 Å². The van der Waals surface area contributed by atoms with E-state index in [1.54, 1.807) is 12.3 Å². The van der Waals surface area contributed by atoms with E-state index in [0.29, 0.717) is 76.3 Å². The Hall–Kier alpha value is -5.91. The molecule has 73 heavy (non-hydrogen) atoms. The van der Waals surface area contributed by atoms with Gasteiger partial charge in [-0.05, 0) is 106 Å². The zero-order valence-corrected chi connectivity index (χ0v) is 43.1. The first-order chi connectivity index (χ1) is 35.7. The number of anilines is 4. The molecule has 0 amide bonds. The van der Waals surface area contributed by atoms with Gasteiger partial charge in [-0.15, -0.1) is 0 Å². The number of aliphatic hydroxyl groups excluding tert-OH is 1. The van der Waals surface area contributed by atoms with Gasteiger partial charge in [-0.1, -0.05) is 42.8 Å². The number of benzene rings is 2. The zero-order valence-electron chi connectivity index (χ0n) is 41.5. The van der Waals surface area contributed by atoms with Crippen LogP contribution in [0.2, 0.25) is 5.02 Å². The summed E-state index contributed by atoms with van der Waals surface area (Å²) < 4.78 is 46.9. The molecule has 3 unspecified atom stereocenters. The van der Waals surface area contributed by atoms with Gasteiger partial charge in [0.2, 0.25) is 0 Å². The summed E-state index contributed by atoms with van der Waals surface area (Å²) in [5.41, 5.74) is 5.64. The Labute approximate surface area is 434 Å². The first kappa shape index (κ1) is 50.6. The molecule has 8 heterocycles. The van der Waals surface area contributed by atoms with Crippen LogP contribution in [0.5, 0.6) is 6.01 Å². The highest BCUT2D eigenvalue weighted by atomic mass is 35.5. The van der Waals surface area contributed by atoms with Crippen LogP contribution in [0.1, 0.15) is 68.7 Å². The number of hydrogen-bond donors (Lipinski definition) is 3. The molecule has 3 aromatic heterocycles. The predicted molar refractivity (Wildman–Crippen MR) is 284 cm³/mol. The number of nitrogens with one attached hydrogen (secondary N) is 2. The second-order valence-electron chi connectivity index (χ2n) is 19.5. The summed E-state index contributed by atoms with van der Waals surface area (Å²) in [6, 6.07) is 16.9. The van der Waals surface area contributed by atoms with Crippen molar-refractivity contribution < 1.29 is 23.4 Å². The number of allylic oxidation sites excluding steroid dienone is 1. The second-order valence-corrected chi connectivity index (χ2v) is 21.0. The number of likely N-dealkylation sites (N-methyl/N-ethyl adjacent to an activating group) is 1. The van der Waals surface area contributed by atoms with E-state index in [1.807, 2.05) is 33.2 Å². The highest BCUT2D eigenvalue weighted by molar-refractivity contribution is 8.00. The predicted octanol–water partition coefficient (Wildman–Crippen LogP) is 8.32. The summed E-state index contributed by atoms with van der Waals surface area (Å²) in [6.07, 6.45) is 10.9. The Kier molecular flexibility index (Phi) is 16.0. The number of likely N-dealkylation sites (tertiary alicyclic amines) is 1. The molecule has 20 heteroatoms. The number of nitriles is 1. The lowest BCUT2D eigenvalue weighted by molar-refractivity contribution is 0.0471. The molecule has 0 radical (unpaired) electrons. The molecule has 5 aliphatic heterocycles. The van der Waals surface area contributed by atoms with Gasteiger partial charge in [0, 0.05) is 99.0 Å². The maximum absolute atomic E-state index is 16.2. The van der Waals surface area contributed by atoms with Crippen molar-refractivity contribution in [3.05, 3.63) is 105 Å². The fourth-order valence-corrected chi connectivity index (χ4v) is 12.1. The largest absolute Gasteiger partial charge is 0.462 e. The van der Waals surface area contributed by atoms with Crippen molar-refractivity contribution in [2.75, 3.05) is 92.6 Å². The topological polar surface area (TPSA) is 159 Å². The second kappa shape index (κ2) is 23.1. The van der Waals surface area contributed by atoms with Gasteiger partial charge in [-0.2, -0.15) is 29.2 Å². The van der Waals surface area contributed by atoms with Crippen molar-refractivity contribution >= 4 is 63.1 Å². The molecule has 3 N–H and O–H groups in total. The van der Waals surface area contributed by atoms with E-state index in [-0.39, 0.29) is 42.1 Å². The number of halogens is 3. The first-order valence-corrected chi connectivity index (χ1v) is 26.8. The first-order valence-electron chi connectivity index (χ1n) is 25.7. The van der Waals surface area contributed by atoms with Crippen LogP contribution in [0.4, 0.5) is 31.9 Å². The molecule has 10 rings (SSSR count). The maximum Gasteiger partial charge on any atom is 0.318 e. The standard InChI is InChI=1S/C53H64ClF2N13O3S/c1-3-36-30-60-69-47(26-48(62-51(36)69)67-20-5-4-11-38(67)17-24-70)59-29-35-25-41(31-58-28-35)72-50(56)46(27-55)73-68-23-22-66(32-39(68)15-18-57)52-42-16-21-65(45-14-7-10-37-9-6-13-43(54)49(37)45)33-44(42)61-53(63-52)71-34-40-12-8-19-64(40)2/h6-7,9-10,13-14,25-27,30-31,38-40,50,58-59,70H,3-5,8,11-12,15-17,19-24,28-29,32-34H2,1-2H3/b46-27+/t38?,39-,40?,50?/m0/s1. The SMILES string of the molecule is CCc1cnn2c(NCC3=CC(OC(F)/C(=C\F)SN4CCN(c5nc(OCC6CCCN6C)nc6c5CCN(c5cccc7cccc(Cl)c57)C6)C[C@@H]4CC#N)=CNC3)cc(N3CCCCC3CCO)nc12. The maximum atomic E-state index is 16.2. The van der Waals surface area contributed by atoms with Crippen molar-refractivity contribution in [3.63, 3.8) is 0 Å². The summed E-state index contributed by atoms with van der Waals surface area (Å²) in [5, 5.41) is 34.0. The average molecular weight is 1040 g/mol. The van der Waals surface area contributed by atoms with E-state index >= 15 is 4.39 Å². The molecule has 0 saturated carbocycles. The zero-order chi connectivity index (χ0) is 50.4. The van der Waals surface area contributed by atoms with Crippen LogP contribution >= 0.6 is 23.5 Å². The Balaban J connectivity index is 0.818. The fraction of sp³-hybridized carbons (Fsp3) is 0.491. The molecule has 5 aliphatic rings. The van der Waals surface area contributed by atoms with Crippen LogP contribution in [0, 0.1) is 11.3 Å². The monoisotopic (exact) mass is 1040 g/mol. The minimum atomic E-state index is -2.12. The molecule has 4 atom stereocenters. The molecule has 3 fully saturated rings. The van der Waals surface area contributed by atoms with Gasteiger partial charge in [-0.3, -0.25) is 0 Å². The molecule has 0 spiro atoms. The summed E-state index contributed by atoms with van der Waals surface area (Å²) in [7, 11) is 2.11. The number of fused-ring (bicyclic) bond motifs is 3. The van der Waals surface area contributed by atoms with Crippen LogP contribution in [0.15, 0.2) is 83.5 Å². The average Bonchev–Trinajstić information content (AvgIpc) is 4.04. The molecular weight excluding hydrogens is 972 g/mol. The number of aliphatic hydroxyl groups is 1. The number of aromatic nitrogens is 5. The van der Waals surface area contributed by atoms with E-state index in [2.05, 4.69) is 79.6 Å². The summed E-state index contributed by atoms with van der Waals surface area (Å²) >= 11 is 7.74. The number of hydrogen-bond acceptors (Lipinski definition) is 16. The van der Waals surface area contributed by atoms with Gasteiger partial charge >= 0.3 is 6.01 Å². The lowest BCUT2D eigenvalue weighted by atomic mass is 9.99.